The van der Waals surface area contributed by atoms with E-state index in [0.29, 0.717) is 17.1 Å². The molecule has 0 radical (unpaired) electrons. The molecule has 0 aliphatic heterocycles. The minimum Gasteiger partial charge on any atom is -0.348 e. The van der Waals surface area contributed by atoms with Crippen LogP contribution >= 0.6 is 11.6 Å². The summed E-state index contributed by atoms with van der Waals surface area (Å²) >= 11 is 5.82. The lowest BCUT2D eigenvalue weighted by Crippen LogP contribution is -2.23. The Balaban J connectivity index is 1.67. The van der Waals surface area contributed by atoms with Gasteiger partial charge >= 0.3 is 0 Å². The highest BCUT2D eigenvalue weighted by Crippen LogP contribution is 2.19. The van der Waals surface area contributed by atoms with Gasteiger partial charge in [-0.3, -0.25) is 9.52 Å². The lowest BCUT2D eigenvalue weighted by Gasteiger charge is -2.10. The molecule has 0 aliphatic rings. The van der Waals surface area contributed by atoms with Crippen LogP contribution in [0.5, 0.6) is 0 Å². The molecule has 0 bridgehead atoms. The van der Waals surface area contributed by atoms with E-state index < -0.39 is 15.8 Å². The Labute approximate surface area is 167 Å². The molecule has 0 fully saturated rings. The molecule has 0 aromatic heterocycles. The molecule has 0 heterocycles. The molecular weight excluding hydrogens is 403 g/mol. The van der Waals surface area contributed by atoms with Gasteiger partial charge in [0.15, 0.2) is 0 Å². The SMILES string of the molecule is O=C(NCc1ccc(Cl)cc1)c1ccc(S(=O)(=O)Nc2ccccc2F)cc1. The molecule has 28 heavy (non-hydrogen) atoms. The van der Waals surface area contributed by atoms with Crippen molar-refractivity contribution in [1.82, 2.24) is 5.32 Å². The van der Waals surface area contributed by atoms with E-state index in [1.165, 1.54) is 42.5 Å². The first-order chi connectivity index (χ1) is 13.3. The molecule has 0 spiro atoms. The quantitative estimate of drug-likeness (QED) is 0.629. The van der Waals surface area contributed by atoms with Crippen LogP contribution in [0.15, 0.2) is 77.7 Å². The number of nitrogens with one attached hydrogen (secondary N) is 2. The molecule has 0 saturated carbocycles. The van der Waals surface area contributed by atoms with Crippen molar-refractivity contribution in [1.29, 1.82) is 0 Å². The molecule has 3 rings (SSSR count). The van der Waals surface area contributed by atoms with Crippen molar-refractivity contribution >= 4 is 33.2 Å². The molecule has 8 heteroatoms. The van der Waals surface area contributed by atoms with Crippen LogP contribution in [0, 0.1) is 5.82 Å². The lowest BCUT2D eigenvalue weighted by atomic mass is 10.2. The van der Waals surface area contributed by atoms with Gasteiger partial charge in [0.1, 0.15) is 5.82 Å². The van der Waals surface area contributed by atoms with Gasteiger partial charge in [-0.1, -0.05) is 35.9 Å². The molecule has 0 atom stereocenters. The number of anilines is 1. The van der Waals surface area contributed by atoms with E-state index in [0.717, 1.165) is 11.6 Å². The summed E-state index contributed by atoms with van der Waals surface area (Å²) in [6.45, 7) is 0.310. The number of carbonyl (C=O) groups is 1. The fourth-order valence-corrected chi connectivity index (χ4v) is 3.61. The number of sulfonamides is 1. The molecule has 3 aromatic rings. The van der Waals surface area contributed by atoms with Crippen LogP contribution in [0.25, 0.3) is 0 Å². The zero-order valence-electron chi connectivity index (χ0n) is 14.5. The van der Waals surface area contributed by atoms with E-state index in [1.54, 1.807) is 24.3 Å². The van der Waals surface area contributed by atoms with Crippen molar-refractivity contribution in [2.45, 2.75) is 11.4 Å². The number of hydrogen-bond donors (Lipinski definition) is 2. The third kappa shape index (κ3) is 4.88. The molecule has 0 saturated heterocycles. The predicted molar refractivity (Wildman–Crippen MR) is 106 cm³/mol. The molecular formula is C20H16ClFN2O3S. The molecule has 0 aliphatic carbocycles. The number of amides is 1. The lowest BCUT2D eigenvalue weighted by molar-refractivity contribution is 0.0951. The highest BCUT2D eigenvalue weighted by atomic mass is 35.5. The minimum atomic E-state index is -3.97. The Kier molecular flexibility index (Phi) is 5.96. The van der Waals surface area contributed by atoms with Crippen LogP contribution in [-0.2, 0) is 16.6 Å². The van der Waals surface area contributed by atoms with Crippen LogP contribution in [0.3, 0.4) is 0 Å². The smallest absolute Gasteiger partial charge is 0.261 e. The summed E-state index contributed by atoms with van der Waals surface area (Å²) in [5, 5.41) is 3.35. The number of halogens is 2. The standard InChI is InChI=1S/C20H16ClFN2O3S/c21-16-9-5-14(6-10-16)13-23-20(25)15-7-11-17(12-8-15)28(26,27)24-19-4-2-1-3-18(19)22/h1-12,24H,13H2,(H,23,25). The van der Waals surface area contributed by atoms with E-state index in [2.05, 4.69) is 10.0 Å². The maximum absolute atomic E-state index is 13.7. The van der Waals surface area contributed by atoms with Gasteiger partial charge in [0.2, 0.25) is 0 Å². The second-order valence-electron chi connectivity index (χ2n) is 5.92. The first-order valence-electron chi connectivity index (χ1n) is 8.25. The highest BCUT2D eigenvalue weighted by Gasteiger charge is 2.17. The van der Waals surface area contributed by atoms with Crippen molar-refractivity contribution in [3.05, 3.63) is 94.8 Å². The van der Waals surface area contributed by atoms with Crippen molar-refractivity contribution in [2.24, 2.45) is 0 Å². The van der Waals surface area contributed by atoms with E-state index in [4.69, 9.17) is 11.6 Å². The fourth-order valence-electron chi connectivity index (χ4n) is 2.42. The number of para-hydroxylation sites is 1. The minimum absolute atomic E-state index is 0.0787. The van der Waals surface area contributed by atoms with Crippen LogP contribution in [-0.4, -0.2) is 14.3 Å². The molecule has 144 valence electrons. The van der Waals surface area contributed by atoms with E-state index >= 15 is 0 Å². The van der Waals surface area contributed by atoms with Crippen molar-refractivity contribution in [3.63, 3.8) is 0 Å². The molecule has 1 amide bonds. The summed E-state index contributed by atoms with van der Waals surface area (Å²) < 4.78 is 40.6. The summed E-state index contributed by atoms with van der Waals surface area (Å²) in [7, 11) is -3.97. The second kappa shape index (κ2) is 8.41. The maximum atomic E-state index is 13.7. The second-order valence-corrected chi connectivity index (χ2v) is 8.04. The first-order valence-corrected chi connectivity index (χ1v) is 10.1. The van der Waals surface area contributed by atoms with Gasteiger partial charge in [-0.25, -0.2) is 12.8 Å². The van der Waals surface area contributed by atoms with E-state index in [-0.39, 0.29) is 16.5 Å². The topological polar surface area (TPSA) is 75.3 Å². The van der Waals surface area contributed by atoms with E-state index in [9.17, 15) is 17.6 Å². The van der Waals surface area contributed by atoms with Gasteiger partial charge in [-0.05, 0) is 54.1 Å². The van der Waals surface area contributed by atoms with Crippen molar-refractivity contribution in [2.75, 3.05) is 4.72 Å². The summed E-state index contributed by atoms with van der Waals surface area (Å²) in [5.41, 5.74) is 1.04. The van der Waals surface area contributed by atoms with Gasteiger partial charge in [-0.2, -0.15) is 0 Å². The summed E-state index contributed by atoms with van der Waals surface area (Å²) in [6.07, 6.45) is 0. The normalized spacial score (nSPS) is 11.1. The molecule has 0 unspecified atom stereocenters. The highest BCUT2D eigenvalue weighted by molar-refractivity contribution is 7.92. The average molecular weight is 419 g/mol. The van der Waals surface area contributed by atoms with Gasteiger partial charge in [0, 0.05) is 17.1 Å². The van der Waals surface area contributed by atoms with Crippen LogP contribution in [0.4, 0.5) is 10.1 Å². The average Bonchev–Trinajstić information content (AvgIpc) is 2.69. The van der Waals surface area contributed by atoms with Crippen molar-refractivity contribution in [3.8, 4) is 0 Å². The van der Waals surface area contributed by atoms with Gasteiger partial charge < -0.3 is 5.32 Å². The Hall–Kier alpha value is -2.90. The number of carbonyl (C=O) groups excluding carboxylic acids is 1. The first kappa shape index (κ1) is 19.9. The third-order valence-electron chi connectivity index (χ3n) is 3.91. The third-order valence-corrected chi connectivity index (χ3v) is 5.54. The van der Waals surface area contributed by atoms with Gasteiger partial charge in [-0.15, -0.1) is 0 Å². The zero-order valence-corrected chi connectivity index (χ0v) is 16.1. The Morgan fingerprint density at radius 2 is 1.57 bits per heavy atom. The van der Waals surface area contributed by atoms with Crippen LogP contribution < -0.4 is 10.0 Å². The van der Waals surface area contributed by atoms with Gasteiger partial charge in [0.25, 0.3) is 15.9 Å². The molecule has 2 N–H and O–H groups in total. The number of benzene rings is 3. The molecule has 5 nitrogen and oxygen atoms in total. The summed E-state index contributed by atoms with van der Waals surface area (Å²) in [5.74, 6) is -1.02. The summed E-state index contributed by atoms with van der Waals surface area (Å²) in [6, 6.07) is 17.9. The fraction of sp³-hybridized carbons (Fsp3) is 0.0500. The van der Waals surface area contributed by atoms with Gasteiger partial charge in [0.05, 0.1) is 10.6 Å². The zero-order chi connectivity index (χ0) is 20.1. The van der Waals surface area contributed by atoms with Crippen molar-refractivity contribution < 1.29 is 17.6 Å². The number of rotatable bonds is 6. The predicted octanol–water partition coefficient (Wildman–Crippen LogP) is 4.21. The van der Waals surface area contributed by atoms with E-state index in [1.807, 2.05) is 0 Å². The maximum Gasteiger partial charge on any atom is 0.261 e. The Morgan fingerprint density at radius 1 is 0.929 bits per heavy atom. The monoisotopic (exact) mass is 418 g/mol. The summed E-state index contributed by atoms with van der Waals surface area (Å²) in [4.78, 5) is 12.2. The number of hydrogen-bond acceptors (Lipinski definition) is 3. The molecule has 3 aromatic carbocycles. The largest absolute Gasteiger partial charge is 0.348 e. The van der Waals surface area contributed by atoms with Crippen LogP contribution in [0.1, 0.15) is 15.9 Å². The Bertz CT molecular complexity index is 1090. The van der Waals surface area contributed by atoms with Crippen LogP contribution in [0.2, 0.25) is 5.02 Å². The Morgan fingerprint density at radius 3 is 2.21 bits per heavy atom.